The van der Waals surface area contributed by atoms with Crippen molar-refractivity contribution in [2.45, 2.75) is 20.1 Å². The molecule has 1 heterocycles. The van der Waals surface area contributed by atoms with Crippen LogP contribution in [0.4, 0.5) is 4.79 Å². The molecule has 0 aliphatic carbocycles. The average Bonchev–Trinajstić information content (AvgIpc) is 3.08. The first kappa shape index (κ1) is 25.9. The number of ether oxygens (including phenoxy) is 2. The zero-order chi connectivity index (χ0) is 24.9. The molecule has 0 aromatic heterocycles. The number of hydrogen-bond acceptors (Lipinski definition) is 5. The van der Waals surface area contributed by atoms with Crippen LogP contribution < -0.4 is 9.47 Å². The van der Waals surface area contributed by atoms with E-state index in [-0.39, 0.29) is 17.7 Å². The molecule has 3 aromatic carbocycles. The highest BCUT2D eigenvalue weighted by atomic mass is 127. The molecule has 4 rings (SSSR count). The van der Waals surface area contributed by atoms with Crippen LogP contribution >= 0.6 is 57.6 Å². The smallest absolute Gasteiger partial charge is 0.293 e. The molecular formula is C26H20Cl2INO4S. The molecule has 35 heavy (non-hydrogen) atoms. The predicted octanol–water partition coefficient (Wildman–Crippen LogP) is 7.81. The highest BCUT2D eigenvalue weighted by molar-refractivity contribution is 14.1. The fourth-order valence-corrected chi connectivity index (χ4v) is 5.50. The summed E-state index contributed by atoms with van der Waals surface area (Å²) < 4.78 is 12.7. The van der Waals surface area contributed by atoms with Gasteiger partial charge in [0.25, 0.3) is 11.1 Å². The number of benzene rings is 3. The summed E-state index contributed by atoms with van der Waals surface area (Å²) in [5.41, 5.74) is 2.43. The highest BCUT2D eigenvalue weighted by Crippen LogP contribution is 2.38. The Bertz CT molecular complexity index is 1300. The lowest BCUT2D eigenvalue weighted by atomic mass is 10.1. The first-order valence-corrected chi connectivity index (χ1v) is 13.3. The molecule has 5 nitrogen and oxygen atoms in total. The average molecular weight is 640 g/mol. The molecule has 1 fully saturated rings. The van der Waals surface area contributed by atoms with Crippen LogP contribution in [0.5, 0.6) is 11.5 Å². The molecule has 1 saturated heterocycles. The molecule has 0 bridgehead atoms. The van der Waals surface area contributed by atoms with Crippen LogP contribution in [0.2, 0.25) is 10.0 Å². The second-order valence-corrected chi connectivity index (χ2v) is 10.5. The second kappa shape index (κ2) is 11.7. The van der Waals surface area contributed by atoms with Crippen LogP contribution in [-0.4, -0.2) is 22.7 Å². The standard InChI is InChI=1S/C26H20Cl2INO4S/c1-2-33-22-11-17(10-21(29)24(22)34-15-16-6-4-3-5-7-16)12-23-25(31)30(26(32)35-23)14-18-8-9-19(27)13-20(18)28/h3-13H,2,14-15H2,1H3/b23-12+. The van der Waals surface area contributed by atoms with Crippen LogP contribution in [0.15, 0.2) is 65.6 Å². The third-order valence-electron chi connectivity index (χ3n) is 5.07. The van der Waals surface area contributed by atoms with Gasteiger partial charge < -0.3 is 9.47 Å². The maximum Gasteiger partial charge on any atom is 0.293 e. The zero-order valence-corrected chi connectivity index (χ0v) is 23.1. The van der Waals surface area contributed by atoms with Crippen molar-refractivity contribution in [3.05, 3.63) is 95.9 Å². The summed E-state index contributed by atoms with van der Waals surface area (Å²) >= 11 is 15.3. The summed E-state index contributed by atoms with van der Waals surface area (Å²) in [6, 6.07) is 18.6. The summed E-state index contributed by atoms with van der Waals surface area (Å²) in [4.78, 5) is 27.1. The van der Waals surface area contributed by atoms with E-state index in [0.29, 0.717) is 45.2 Å². The van der Waals surface area contributed by atoms with E-state index in [1.165, 1.54) is 4.90 Å². The van der Waals surface area contributed by atoms with E-state index in [0.717, 1.165) is 26.5 Å². The summed E-state index contributed by atoms with van der Waals surface area (Å²) in [5, 5.41) is 0.543. The number of rotatable bonds is 8. The predicted molar refractivity (Wildman–Crippen MR) is 149 cm³/mol. The van der Waals surface area contributed by atoms with E-state index in [2.05, 4.69) is 22.6 Å². The number of imide groups is 1. The van der Waals surface area contributed by atoms with Crippen molar-refractivity contribution in [2.75, 3.05) is 6.61 Å². The van der Waals surface area contributed by atoms with E-state index >= 15 is 0 Å². The Hall–Kier alpha value is -2.20. The largest absolute Gasteiger partial charge is 0.490 e. The summed E-state index contributed by atoms with van der Waals surface area (Å²) in [6.07, 6.45) is 1.69. The SMILES string of the molecule is CCOc1cc(/C=C2/SC(=O)N(Cc3ccc(Cl)cc3Cl)C2=O)cc(I)c1OCc1ccccc1. The third-order valence-corrected chi connectivity index (χ3v) is 7.37. The minimum Gasteiger partial charge on any atom is -0.490 e. The van der Waals surface area contributed by atoms with E-state index in [1.54, 1.807) is 24.3 Å². The number of amides is 2. The van der Waals surface area contributed by atoms with Crippen molar-refractivity contribution in [3.8, 4) is 11.5 Å². The number of carbonyl (C=O) groups excluding carboxylic acids is 2. The minimum atomic E-state index is -0.372. The molecular weight excluding hydrogens is 620 g/mol. The summed E-state index contributed by atoms with van der Waals surface area (Å²) in [7, 11) is 0. The van der Waals surface area contributed by atoms with Gasteiger partial charge in [0.1, 0.15) is 6.61 Å². The molecule has 1 aliphatic rings. The van der Waals surface area contributed by atoms with Crippen molar-refractivity contribution in [1.82, 2.24) is 4.90 Å². The van der Waals surface area contributed by atoms with Gasteiger partial charge in [-0.3, -0.25) is 14.5 Å². The molecule has 9 heteroatoms. The Balaban J connectivity index is 1.56. The quantitative estimate of drug-likeness (QED) is 0.186. The first-order valence-electron chi connectivity index (χ1n) is 10.7. The molecule has 0 radical (unpaired) electrons. The van der Waals surface area contributed by atoms with Crippen molar-refractivity contribution in [2.24, 2.45) is 0 Å². The lowest BCUT2D eigenvalue weighted by Crippen LogP contribution is -2.27. The molecule has 3 aromatic rings. The van der Waals surface area contributed by atoms with Crippen LogP contribution in [0.1, 0.15) is 23.6 Å². The van der Waals surface area contributed by atoms with Crippen molar-refractivity contribution in [1.29, 1.82) is 0 Å². The van der Waals surface area contributed by atoms with Gasteiger partial charge in [0.15, 0.2) is 11.5 Å². The lowest BCUT2D eigenvalue weighted by molar-refractivity contribution is -0.123. The van der Waals surface area contributed by atoms with Gasteiger partial charge in [0.2, 0.25) is 0 Å². The van der Waals surface area contributed by atoms with Gasteiger partial charge in [-0.1, -0.05) is 59.6 Å². The molecule has 0 saturated carbocycles. The van der Waals surface area contributed by atoms with Crippen LogP contribution in [0, 0.1) is 3.57 Å². The number of halogens is 3. The maximum atomic E-state index is 13.0. The molecule has 0 spiro atoms. The molecule has 1 aliphatic heterocycles. The molecule has 0 N–H and O–H groups in total. The van der Waals surface area contributed by atoms with Gasteiger partial charge in [0.05, 0.1) is 21.6 Å². The van der Waals surface area contributed by atoms with Crippen LogP contribution in [0.25, 0.3) is 6.08 Å². The second-order valence-electron chi connectivity index (χ2n) is 7.54. The van der Waals surface area contributed by atoms with Crippen molar-refractivity contribution < 1.29 is 19.1 Å². The number of carbonyl (C=O) groups is 2. The molecule has 0 atom stereocenters. The Labute approximate surface area is 231 Å². The fraction of sp³-hybridized carbons (Fsp3) is 0.154. The molecule has 0 unspecified atom stereocenters. The van der Waals surface area contributed by atoms with Crippen LogP contribution in [-0.2, 0) is 17.9 Å². The lowest BCUT2D eigenvalue weighted by Gasteiger charge is -2.15. The molecule has 180 valence electrons. The highest BCUT2D eigenvalue weighted by Gasteiger charge is 2.35. The summed E-state index contributed by atoms with van der Waals surface area (Å²) in [6.45, 7) is 2.84. The van der Waals surface area contributed by atoms with Gasteiger partial charge in [-0.05, 0) is 88.3 Å². The van der Waals surface area contributed by atoms with Crippen molar-refractivity contribution in [3.63, 3.8) is 0 Å². The minimum absolute atomic E-state index is 0.0754. The number of thioether (sulfide) groups is 1. The zero-order valence-electron chi connectivity index (χ0n) is 18.6. The maximum absolute atomic E-state index is 13.0. The fourth-order valence-electron chi connectivity index (χ4n) is 3.41. The van der Waals surface area contributed by atoms with E-state index in [1.807, 2.05) is 49.4 Å². The first-order chi connectivity index (χ1) is 16.9. The van der Waals surface area contributed by atoms with E-state index in [4.69, 9.17) is 32.7 Å². The van der Waals surface area contributed by atoms with Crippen molar-refractivity contribution >= 4 is 74.8 Å². The van der Waals surface area contributed by atoms with Gasteiger partial charge in [-0.15, -0.1) is 0 Å². The van der Waals surface area contributed by atoms with E-state index in [9.17, 15) is 9.59 Å². The monoisotopic (exact) mass is 639 g/mol. The van der Waals surface area contributed by atoms with E-state index < -0.39 is 0 Å². The van der Waals surface area contributed by atoms with Gasteiger partial charge >= 0.3 is 0 Å². The number of hydrogen-bond donors (Lipinski definition) is 0. The van der Waals surface area contributed by atoms with Gasteiger partial charge in [-0.2, -0.15) is 0 Å². The Morgan fingerprint density at radius 3 is 2.51 bits per heavy atom. The topological polar surface area (TPSA) is 55.8 Å². The normalized spacial score (nSPS) is 14.6. The Morgan fingerprint density at radius 2 is 1.80 bits per heavy atom. The summed E-state index contributed by atoms with van der Waals surface area (Å²) in [5.74, 6) is 0.844. The van der Waals surface area contributed by atoms with Gasteiger partial charge in [0, 0.05) is 10.0 Å². The number of nitrogens with zero attached hydrogens (tertiary/aromatic N) is 1. The Morgan fingerprint density at radius 1 is 1.03 bits per heavy atom. The van der Waals surface area contributed by atoms with Crippen LogP contribution in [0.3, 0.4) is 0 Å². The Kier molecular flexibility index (Phi) is 8.64. The van der Waals surface area contributed by atoms with Gasteiger partial charge in [-0.25, -0.2) is 0 Å². The third kappa shape index (κ3) is 6.33. The molecule has 2 amide bonds.